The Morgan fingerprint density at radius 2 is 2.03 bits per heavy atom. The number of hydrogen-bond donors (Lipinski definition) is 2. The van der Waals surface area contributed by atoms with E-state index in [1.54, 1.807) is 19.2 Å². The highest BCUT2D eigenvalue weighted by Crippen LogP contribution is 2.38. The first-order valence-corrected chi connectivity index (χ1v) is 9.86. The lowest BCUT2D eigenvalue weighted by Crippen LogP contribution is -2.57. The van der Waals surface area contributed by atoms with Crippen LogP contribution >= 0.6 is 0 Å². The fourth-order valence-electron chi connectivity index (χ4n) is 4.38. The fourth-order valence-corrected chi connectivity index (χ4v) is 4.38. The highest BCUT2D eigenvalue weighted by Gasteiger charge is 2.55. The number of methoxy groups -OCH3 is 2. The molecule has 1 aromatic carbocycles. The summed E-state index contributed by atoms with van der Waals surface area (Å²) in [5.41, 5.74) is -0.161. The van der Waals surface area contributed by atoms with Gasteiger partial charge in [0.05, 0.1) is 20.8 Å². The molecule has 1 saturated heterocycles. The summed E-state index contributed by atoms with van der Waals surface area (Å²) in [4.78, 5) is 39.7. The van der Waals surface area contributed by atoms with Crippen molar-refractivity contribution in [3.05, 3.63) is 65.1 Å². The molecular weight excluding hydrogens is 402 g/mol. The average Bonchev–Trinajstić information content (AvgIpc) is 3.41. The van der Waals surface area contributed by atoms with Crippen molar-refractivity contribution in [2.24, 2.45) is 5.92 Å². The van der Waals surface area contributed by atoms with Crippen molar-refractivity contribution in [3.8, 4) is 5.75 Å². The van der Waals surface area contributed by atoms with Gasteiger partial charge < -0.3 is 24.4 Å². The van der Waals surface area contributed by atoms with Crippen LogP contribution in [-0.4, -0.2) is 55.2 Å². The molecule has 31 heavy (non-hydrogen) atoms. The van der Waals surface area contributed by atoms with E-state index in [2.05, 4.69) is 10.6 Å². The van der Waals surface area contributed by atoms with Gasteiger partial charge >= 0.3 is 6.03 Å². The van der Waals surface area contributed by atoms with Gasteiger partial charge in [-0.2, -0.15) is 0 Å². The van der Waals surface area contributed by atoms with Crippen LogP contribution in [0.5, 0.6) is 5.75 Å². The number of nitrogens with one attached hydrogen (secondary N) is 2. The van der Waals surface area contributed by atoms with Gasteiger partial charge in [0.2, 0.25) is 0 Å². The summed E-state index contributed by atoms with van der Waals surface area (Å²) in [5, 5.41) is 4.99. The highest BCUT2D eigenvalue weighted by atomic mass is 16.5. The monoisotopic (exact) mass is 423 g/mol. The SMILES string of the molecule is COC1=CC2OC(C3(CN4Cc5ccc(OC)cc5C4=O)NC(=O)NC3=O)=CC2C=C1. The summed E-state index contributed by atoms with van der Waals surface area (Å²) < 4.78 is 16.6. The third kappa shape index (κ3) is 2.96. The van der Waals surface area contributed by atoms with Gasteiger partial charge in [-0.05, 0) is 35.9 Å². The molecule has 160 valence electrons. The van der Waals surface area contributed by atoms with Crippen LogP contribution in [0.1, 0.15) is 15.9 Å². The van der Waals surface area contributed by atoms with Gasteiger partial charge in [0.25, 0.3) is 11.8 Å². The van der Waals surface area contributed by atoms with E-state index in [0.29, 0.717) is 29.4 Å². The molecular formula is C22H21N3O6. The normalized spacial score (nSPS) is 28.3. The Balaban J connectivity index is 1.46. The zero-order valence-electron chi connectivity index (χ0n) is 17.0. The number of nitrogens with zero attached hydrogens (tertiary/aromatic N) is 1. The second-order valence-electron chi connectivity index (χ2n) is 7.82. The molecule has 1 aliphatic carbocycles. The molecule has 4 amide bonds. The summed E-state index contributed by atoms with van der Waals surface area (Å²) >= 11 is 0. The first-order valence-electron chi connectivity index (χ1n) is 9.86. The first-order chi connectivity index (χ1) is 14.9. The third-order valence-electron chi connectivity index (χ3n) is 6.02. The lowest BCUT2D eigenvalue weighted by molar-refractivity contribution is -0.124. The first kappa shape index (κ1) is 19.2. The van der Waals surface area contributed by atoms with Crippen LogP contribution in [-0.2, 0) is 20.8 Å². The van der Waals surface area contributed by atoms with Crippen molar-refractivity contribution in [1.82, 2.24) is 15.5 Å². The molecule has 0 spiro atoms. The molecule has 5 rings (SSSR count). The quantitative estimate of drug-likeness (QED) is 0.690. The molecule has 9 heteroatoms. The molecule has 0 radical (unpaired) electrons. The summed E-state index contributed by atoms with van der Waals surface area (Å²) in [7, 11) is 3.10. The van der Waals surface area contributed by atoms with E-state index in [1.165, 1.54) is 12.0 Å². The van der Waals surface area contributed by atoms with Gasteiger partial charge in [0.15, 0.2) is 5.54 Å². The standard InChI is InChI=1S/C22H21N3O6/c1-29-14-6-4-13-10-25(19(26)16(13)8-14)11-22(20(27)23-21(28)24-22)18-7-12-3-5-15(30-2)9-17(12)31-18/h3-9,12,17H,10-11H2,1-2H3,(H2,23,24,27,28). The molecule has 3 heterocycles. The summed E-state index contributed by atoms with van der Waals surface area (Å²) in [6.45, 7) is 0.257. The Labute approximate surface area is 178 Å². The van der Waals surface area contributed by atoms with Gasteiger partial charge in [-0.25, -0.2) is 4.79 Å². The molecule has 1 aromatic rings. The minimum atomic E-state index is -1.51. The number of amides is 4. The summed E-state index contributed by atoms with van der Waals surface area (Å²) in [6, 6.07) is 4.67. The molecule has 9 nitrogen and oxygen atoms in total. The Morgan fingerprint density at radius 1 is 1.19 bits per heavy atom. The van der Waals surface area contributed by atoms with Gasteiger partial charge in [0, 0.05) is 18.0 Å². The average molecular weight is 423 g/mol. The predicted molar refractivity (Wildman–Crippen MR) is 108 cm³/mol. The number of carbonyl (C=O) groups excluding carboxylic acids is 3. The van der Waals surface area contributed by atoms with Crippen molar-refractivity contribution < 1.29 is 28.6 Å². The van der Waals surface area contributed by atoms with Crippen LogP contribution in [0.25, 0.3) is 0 Å². The van der Waals surface area contributed by atoms with Crippen LogP contribution in [0, 0.1) is 5.92 Å². The van der Waals surface area contributed by atoms with E-state index in [0.717, 1.165) is 5.56 Å². The highest BCUT2D eigenvalue weighted by molar-refractivity contribution is 6.09. The number of hydrogen-bond acceptors (Lipinski definition) is 6. The molecule has 3 unspecified atom stereocenters. The lowest BCUT2D eigenvalue weighted by Gasteiger charge is -2.32. The minimum Gasteiger partial charge on any atom is -0.497 e. The van der Waals surface area contributed by atoms with Crippen molar-refractivity contribution >= 4 is 17.8 Å². The molecule has 3 atom stereocenters. The number of urea groups is 1. The smallest absolute Gasteiger partial charge is 0.322 e. The molecule has 0 aromatic heterocycles. The van der Waals surface area contributed by atoms with Gasteiger partial charge in [-0.15, -0.1) is 0 Å². The van der Waals surface area contributed by atoms with E-state index in [-0.39, 0.29) is 24.5 Å². The fraction of sp³-hybridized carbons (Fsp3) is 0.318. The molecule has 4 aliphatic rings. The molecule has 3 aliphatic heterocycles. The molecule has 0 bridgehead atoms. The summed E-state index contributed by atoms with van der Waals surface area (Å²) in [5.74, 6) is 0.651. The second-order valence-corrected chi connectivity index (χ2v) is 7.82. The number of carbonyl (C=O) groups is 3. The van der Waals surface area contributed by atoms with Crippen LogP contribution in [0.15, 0.2) is 54.0 Å². The maximum atomic E-state index is 13.1. The lowest BCUT2D eigenvalue weighted by atomic mass is 9.93. The Hall–Kier alpha value is -3.75. The Kier molecular flexibility index (Phi) is 4.28. The minimum absolute atomic E-state index is 0.0593. The maximum Gasteiger partial charge on any atom is 0.322 e. The molecule has 2 N–H and O–H groups in total. The van der Waals surface area contributed by atoms with E-state index >= 15 is 0 Å². The zero-order chi connectivity index (χ0) is 21.8. The Morgan fingerprint density at radius 3 is 2.74 bits per heavy atom. The van der Waals surface area contributed by atoms with Crippen LogP contribution in [0.3, 0.4) is 0 Å². The predicted octanol–water partition coefficient (Wildman–Crippen LogP) is 1.23. The number of ether oxygens (including phenoxy) is 3. The van der Waals surface area contributed by atoms with E-state index < -0.39 is 17.5 Å². The zero-order valence-corrected chi connectivity index (χ0v) is 17.0. The third-order valence-corrected chi connectivity index (χ3v) is 6.02. The van der Waals surface area contributed by atoms with Gasteiger partial charge in [0.1, 0.15) is 23.4 Å². The summed E-state index contributed by atoms with van der Waals surface area (Å²) in [6.07, 6.45) is 7.03. The van der Waals surface area contributed by atoms with Crippen molar-refractivity contribution in [3.63, 3.8) is 0 Å². The van der Waals surface area contributed by atoms with Gasteiger partial charge in [-0.3, -0.25) is 14.9 Å². The number of benzene rings is 1. The van der Waals surface area contributed by atoms with Gasteiger partial charge in [-0.1, -0.05) is 12.1 Å². The number of fused-ring (bicyclic) bond motifs is 2. The van der Waals surface area contributed by atoms with Crippen molar-refractivity contribution in [1.29, 1.82) is 0 Å². The topological polar surface area (TPSA) is 106 Å². The van der Waals surface area contributed by atoms with Crippen LogP contribution in [0.4, 0.5) is 4.79 Å². The van der Waals surface area contributed by atoms with E-state index in [9.17, 15) is 14.4 Å². The largest absolute Gasteiger partial charge is 0.497 e. The molecule has 0 saturated carbocycles. The number of imide groups is 1. The van der Waals surface area contributed by atoms with E-state index in [4.69, 9.17) is 14.2 Å². The van der Waals surface area contributed by atoms with Crippen molar-refractivity contribution in [2.45, 2.75) is 18.2 Å². The molecule has 1 fully saturated rings. The van der Waals surface area contributed by atoms with Crippen LogP contribution < -0.4 is 15.4 Å². The number of allylic oxidation sites excluding steroid dienone is 1. The second kappa shape index (κ2) is 6.90. The Bertz CT molecular complexity index is 1090. The van der Waals surface area contributed by atoms with E-state index in [1.807, 2.05) is 30.4 Å². The van der Waals surface area contributed by atoms with Crippen molar-refractivity contribution in [2.75, 3.05) is 20.8 Å². The maximum absolute atomic E-state index is 13.1. The number of rotatable bonds is 5. The van der Waals surface area contributed by atoms with Crippen LogP contribution in [0.2, 0.25) is 0 Å².